The summed E-state index contributed by atoms with van der Waals surface area (Å²) in [7, 11) is 1.43. The Morgan fingerprint density at radius 1 is 1.11 bits per heavy atom. The Labute approximate surface area is 105 Å². The number of hydrogen-bond donors (Lipinski definition) is 1. The van der Waals surface area contributed by atoms with E-state index in [0.29, 0.717) is 5.56 Å². The van der Waals surface area contributed by atoms with Gasteiger partial charge in [-0.05, 0) is 24.3 Å². The third-order valence-electron chi connectivity index (χ3n) is 2.37. The zero-order chi connectivity index (χ0) is 12.8. The molecule has 2 rings (SSSR count). The number of nitrogens with zero attached hydrogens (tertiary/aromatic N) is 1. The zero-order valence-electron chi connectivity index (χ0n) is 9.93. The van der Waals surface area contributed by atoms with Crippen LogP contribution in [0.5, 0.6) is 5.75 Å². The second kappa shape index (κ2) is 5.82. The summed E-state index contributed by atoms with van der Waals surface area (Å²) in [6.07, 6.45) is 1.52. The van der Waals surface area contributed by atoms with Gasteiger partial charge in [-0.3, -0.25) is 5.43 Å². The quantitative estimate of drug-likeness (QED) is 0.661. The Hall–Kier alpha value is -2.36. The highest BCUT2D eigenvalue weighted by Crippen LogP contribution is 2.20. The van der Waals surface area contributed by atoms with E-state index in [9.17, 15) is 4.39 Å². The van der Waals surface area contributed by atoms with Crippen LogP contribution in [0.15, 0.2) is 53.6 Å². The van der Waals surface area contributed by atoms with Crippen molar-refractivity contribution >= 4 is 11.9 Å². The van der Waals surface area contributed by atoms with Crippen molar-refractivity contribution in [3.63, 3.8) is 0 Å². The molecular formula is C14H13FN2O. The van der Waals surface area contributed by atoms with Gasteiger partial charge in [-0.2, -0.15) is 5.10 Å². The molecule has 0 fully saturated rings. The van der Waals surface area contributed by atoms with Crippen LogP contribution in [-0.4, -0.2) is 13.3 Å². The van der Waals surface area contributed by atoms with E-state index in [4.69, 9.17) is 4.74 Å². The molecule has 0 heterocycles. The molecule has 18 heavy (non-hydrogen) atoms. The molecule has 0 spiro atoms. The molecular weight excluding hydrogens is 231 g/mol. The summed E-state index contributed by atoms with van der Waals surface area (Å²) < 4.78 is 18.4. The highest BCUT2D eigenvalue weighted by molar-refractivity contribution is 5.84. The highest BCUT2D eigenvalue weighted by atomic mass is 19.1. The monoisotopic (exact) mass is 244 g/mol. The minimum atomic E-state index is -0.402. The fourth-order valence-electron chi connectivity index (χ4n) is 1.53. The van der Waals surface area contributed by atoms with Crippen LogP contribution in [0.1, 0.15) is 5.56 Å². The van der Waals surface area contributed by atoms with Crippen molar-refractivity contribution in [1.82, 2.24) is 0 Å². The number of halogens is 1. The number of ether oxygens (including phenoxy) is 1. The molecule has 0 unspecified atom stereocenters. The molecule has 0 aromatic heterocycles. The Morgan fingerprint density at radius 3 is 2.61 bits per heavy atom. The van der Waals surface area contributed by atoms with E-state index in [2.05, 4.69) is 10.5 Å². The molecule has 0 bridgehead atoms. The van der Waals surface area contributed by atoms with E-state index in [1.165, 1.54) is 19.4 Å². The van der Waals surface area contributed by atoms with E-state index < -0.39 is 5.82 Å². The van der Waals surface area contributed by atoms with Gasteiger partial charge < -0.3 is 4.74 Å². The Balaban J connectivity index is 2.12. The number of para-hydroxylation sites is 2. The molecule has 0 atom stereocenters. The SMILES string of the molecule is COc1c(F)cccc1C=NNc1ccccc1. The van der Waals surface area contributed by atoms with E-state index >= 15 is 0 Å². The maximum Gasteiger partial charge on any atom is 0.165 e. The average Bonchev–Trinajstić information content (AvgIpc) is 2.40. The van der Waals surface area contributed by atoms with Gasteiger partial charge >= 0.3 is 0 Å². The molecule has 4 heteroatoms. The minimum absolute atomic E-state index is 0.191. The van der Waals surface area contributed by atoms with Gasteiger partial charge in [0.1, 0.15) is 0 Å². The number of rotatable bonds is 4. The van der Waals surface area contributed by atoms with Crippen LogP contribution in [0.3, 0.4) is 0 Å². The van der Waals surface area contributed by atoms with Gasteiger partial charge in [0.05, 0.1) is 19.0 Å². The number of benzene rings is 2. The Kier molecular flexibility index (Phi) is 3.91. The predicted octanol–water partition coefficient (Wildman–Crippen LogP) is 3.28. The van der Waals surface area contributed by atoms with Crippen molar-refractivity contribution in [2.75, 3.05) is 12.5 Å². The molecule has 92 valence electrons. The largest absolute Gasteiger partial charge is 0.493 e. The first-order chi connectivity index (χ1) is 8.81. The fraction of sp³-hybridized carbons (Fsp3) is 0.0714. The van der Waals surface area contributed by atoms with Crippen LogP contribution in [-0.2, 0) is 0 Å². The lowest BCUT2D eigenvalue weighted by molar-refractivity contribution is 0.386. The lowest BCUT2D eigenvalue weighted by Gasteiger charge is -2.05. The molecule has 0 radical (unpaired) electrons. The molecule has 3 nitrogen and oxygen atoms in total. The van der Waals surface area contributed by atoms with E-state index in [1.54, 1.807) is 12.1 Å². The predicted molar refractivity (Wildman–Crippen MR) is 70.6 cm³/mol. The molecule has 0 aliphatic carbocycles. The van der Waals surface area contributed by atoms with Gasteiger partial charge in [0.25, 0.3) is 0 Å². The molecule has 0 saturated heterocycles. The van der Waals surface area contributed by atoms with Crippen molar-refractivity contribution in [3.8, 4) is 5.75 Å². The van der Waals surface area contributed by atoms with Gasteiger partial charge in [0, 0.05) is 5.56 Å². The number of methoxy groups -OCH3 is 1. The van der Waals surface area contributed by atoms with Crippen LogP contribution in [0.25, 0.3) is 0 Å². The maximum atomic E-state index is 13.4. The van der Waals surface area contributed by atoms with E-state index in [0.717, 1.165) is 5.69 Å². The van der Waals surface area contributed by atoms with Crippen LogP contribution in [0.2, 0.25) is 0 Å². The van der Waals surface area contributed by atoms with Crippen LogP contribution < -0.4 is 10.2 Å². The van der Waals surface area contributed by atoms with Crippen molar-refractivity contribution in [2.24, 2.45) is 5.10 Å². The summed E-state index contributed by atoms with van der Waals surface area (Å²) in [5, 5.41) is 4.04. The first kappa shape index (κ1) is 12.1. The third kappa shape index (κ3) is 2.85. The number of nitrogens with one attached hydrogen (secondary N) is 1. The summed E-state index contributed by atoms with van der Waals surface area (Å²) in [4.78, 5) is 0. The lowest BCUT2D eigenvalue weighted by atomic mass is 10.2. The van der Waals surface area contributed by atoms with Crippen LogP contribution >= 0.6 is 0 Å². The van der Waals surface area contributed by atoms with Crippen molar-refractivity contribution < 1.29 is 9.13 Å². The van der Waals surface area contributed by atoms with Gasteiger partial charge in [-0.1, -0.05) is 24.3 Å². The summed E-state index contributed by atoms with van der Waals surface area (Å²) in [5.74, 6) is -0.211. The molecule has 0 aliphatic heterocycles. The van der Waals surface area contributed by atoms with Crippen LogP contribution in [0, 0.1) is 5.82 Å². The molecule has 2 aromatic carbocycles. The highest BCUT2D eigenvalue weighted by Gasteiger charge is 2.05. The van der Waals surface area contributed by atoms with Gasteiger partial charge in [0.15, 0.2) is 11.6 Å². The van der Waals surface area contributed by atoms with Crippen molar-refractivity contribution in [2.45, 2.75) is 0 Å². The number of hydrazone groups is 1. The number of hydrogen-bond acceptors (Lipinski definition) is 3. The smallest absolute Gasteiger partial charge is 0.165 e. The van der Waals surface area contributed by atoms with Gasteiger partial charge in [0.2, 0.25) is 0 Å². The first-order valence-electron chi connectivity index (χ1n) is 5.48. The Morgan fingerprint density at radius 2 is 1.89 bits per heavy atom. The van der Waals surface area contributed by atoms with Crippen molar-refractivity contribution in [1.29, 1.82) is 0 Å². The first-order valence-corrected chi connectivity index (χ1v) is 5.48. The van der Waals surface area contributed by atoms with Crippen molar-refractivity contribution in [3.05, 3.63) is 59.9 Å². The normalized spacial score (nSPS) is 10.6. The molecule has 1 N–H and O–H groups in total. The molecule has 2 aromatic rings. The Bertz CT molecular complexity index is 541. The number of anilines is 1. The summed E-state index contributed by atoms with van der Waals surface area (Å²) in [6, 6.07) is 14.2. The second-order valence-corrected chi connectivity index (χ2v) is 3.60. The molecule has 0 saturated carbocycles. The van der Waals surface area contributed by atoms with Gasteiger partial charge in [-0.15, -0.1) is 0 Å². The molecule has 0 aliphatic rings. The summed E-state index contributed by atoms with van der Waals surface area (Å²) in [5.41, 5.74) is 4.30. The van der Waals surface area contributed by atoms with E-state index in [-0.39, 0.29) is 5.75 Å². The minimum Gasteiger partial charge on any atom is -0.493 e. The third-order valence-corrected chi connectivity index (χ3v) is 2.37. The topological polar surface area (TPSA) is 33.6 Å². The fourth-order valence-corrected chi connectivity index (χ4v) is 1.53. The maximum absolute atomic E-state index is 13.4. The van der Waals surface area contributed by atoms with E-state index in [1.807, 2.05) is 30.3 Å². The van der Waals surface area contributed by atoms with Crippen LogP contribution in [0.4, 0.5) is 10.1 Å². The lowest BCUT2D eigenvalue weighted by Crippen LogP contribution is -1.96. The summed E-state index contributed by atoms with van der Waals surface area (Å²) in [6.45, 7) is 0. The second-order valence-electron chi connectivity index (χ2n) is 3.60. The zero-order valence-corrected chi connectivity index (χ0v) is 9.93. The average molecular weight is 244 g/mol. The van der Waals surface area contributed by atoms with Gasteiger partial charge in [-0.25, -0.2) is 4.39 Å². The summed E-state index contributed by atoms with van der Waals surface area (Å²) >= 11 is 0. The molecule has 0 amide bonds. The standard InChI is InChI=1S/C14H13FN2O/c1-18-14-11(6-5-9-13(14)15)10-16-17-12-7-3-2-4-8-12/h2-10,17H,1H3.